The summed E-state index contributed by atoms with van der Waals surface area (Å²) in [4.78, 5) is 36.7. The average molecular weight is 396 g/mol. The van der Waals surface area contributed by atoms with E-state index in [9.17, 15) is 19.7 Å². The smallest absolute Gasteiger partial charge is 0.313 e. The van der Waals surface area contributed by atoms with Crippen LogP contribution in [-0.2, 0) is 16.0 Å². The van der Waals surface area contributed by atoms with E-state index in [1.165, 1.54) is 43.1 Å². The summed E-state index contributed by atoms with van der Waals surface area (Å²) in [5.74, 6) is -1.76. The van der Waals surface area contributed by atoms with E-state index in [1.54, 1.807) is 6.07 Å². The van der Waals surface area contributed by atoms with Crippen LogP contribution in [0.4, 0.5) is 17.1 Å². The molecule has 152 valence electrons. The minimum atomic E-state index is -0.931. The van der Waals surface area contributed by atoms with E-state index in [0.29, 0.717) is 13.0 Å². The Morgan fingerprint density at radius 3 is 2.34 bits per heavy atom. The van der Waals surface area contributed by atoms with Crippen molar-refractivity contribution in [3.63, 3.8) is 0 Å². The van der Waals surface area contributed by atoms with E-state index >= 15 is 0 Å². The number of amides is 2. The second-order valence-corrected chi connectivity index (χ2v) is 6.95. The number of rotatable bonds is 6. The summed E-state index contributed by atoms with van der Waals surface area (Å²) in [6, 6.07) is 13.9. The molecule has 1 heterocycles. The summed E-state index contributed by atoms with van der Waals surface area (Å²) in [7, 11) is 0. The fourth-order valence-corrected chi connectivity index (χ4v) is 3.34. The van der Waals surface area contributed by atoms with Gasteiger partial charge in [0.05, 0.1) is 4.92 Å². The van der Waals surface area contributed by atoms with Gasteiger partial charge in [0.1, 0.15) is 5.69 Å². The number of nitro groups is 1. The highest BCUT2D eigenvalue weighted by Gasteiger charge is 2.19. The zero-order chi connectivity index (χ0) is 20.6. The summed E-state index contributed by atoms with van der Waals surface area (Å²) >= 11 is 0. The maximum absolute atomic E-state index is 12.0. The van der Waals surface area contributed by atoms with Gasteiger partial charge in [-0.2, -0.15) is 0 Å². The lowest BCUT2D eigenvalue weighted by molar-refractivity contribution is -0.383. The highest BCUT2D eigenvalue weighted by Crippen LogP contribution is 2.23. The molecule has 0 saturated carbocycles. The third kappa shape index (κ3) is 5.54. The average Bonchev–Trinajstić information content (AvgIpc) is 2.75. The first-order valence-electron chi connectivity index (χ1n) is 9.71. The van der Waals surface area contributed by atoms with Crippen molar-refractivity contribution in [3.05, 3.63) is 64.2 Å². The summed E-state index contributed by atoms with van der Waals surface area (Å²) in [5.41, 5.74) is 2.00. The number of piperidine rings is 1. The normalized spacial score (nSPS) is 13.6. The molecule has 1 aliphatic rings. The molecule has 29 heavy (non-hydrogen) atoms. The number of nitrogens with one attached hydrogen (secondary N) is 2. The van der Waals surface area contributed by atoms with Crippen LogP contribution in [0.25, 0.3) is 0 Å². The van der Waals surface area contributed by atoms with Crippen molar-refractivity contribution < 1.29 is 14.5 Å². The summed E-state index contributed by atoms with van der Waals surface area (Å²) < 4.78 is 0. The molecule has 1 aliphatic heterocycles. The minimum absolute atomic E-state index is 0.00838. The molecule has 1 fully saturated rings. The van der Waals surface area contributed by atoms with E-state index in [-0.39, 0.29) is 11.4 Å². The SMILES string of the molecule is O=C(NCCc1ccc(N2CCCCC2)cc1)C(=O)Nc1ccccc1[N+](=O)[O-]. The minimum Gasteiger partial charge on any atom is -0.372 e. The number of nitro benzene ring substituents is 1. The Morgan fingerprint density at radius 2 is 1.66 bits per heavy atom. The van der Waals surface area contributed by atoms with Crippen LogP contribution in [0.3, 0.4) is 0 Å². The number of nitrogens with zero attached hydrogens (tertiary/aromatic N) is 2. The van der Waals surface area contributed by atoms with Crippen LogP contribution < -0.4 is 15.5 Å². The molecular weight excluding hydrogens is 372 g/mol. The topological polar surface area (TPSA) is 105 Å². The fourth-order valence-electron chi connectivity index (χ4n) is 3.34. The van der Waals surface area contributed by atoms with Gasteiger partial charge in [-0.05, 0) is 49.4 Å². The third-order valence-electron chi connectivity index (χ3n) is 4.91. The van der Waals surface area contributed by atoms with E-state index < -0.39 is 16.7 Å². The van der Waals surface area contributed by atoms with Crippen molar-refractivity contribution in [3.8, 4) is 0 Å². The molecule has 0 spiro atoms. The number of benzene rings is 2. The number of hydrogen-bond donors (Lipinski definition) is 2. The van der Waals surface area contributed by atoms with Crippen molar-refractivity contribution in [1.82, 2.24) is 5.32 Å². The number of anilines is 2. The van der Waals surface area contributed by atoms with Crippen molar-refractivity contribution in [2.45, 2.75) is 25.7 Å². The Bertz CT molecular complexity index is 877. The molecule has 8 heteroatoms. The quantitative estimate of drug-likeness (QED) is 0.444. The van der Waals surface area contributed by atoms with Gasteiger partial charge in [0.25, 0.3) is 5.69 Å². The van der Waals surface area contributed by atoms with Crippen molar-refractivity contribution in [2.24, 2.45) is 0 Å². The zero-order valence-electron chi connectivity index (χ0n) is 16.1. The number of hydrogen-bond acceptors (Lipinski definition) is 5. The van der Waals surface area contributed by atoms with Crippen LogP contribution >= 0.6 is 0 Å². The lowest BCUT2D eigenvalue weighted by Gasteiger charge is -2.28. The molecule has 0 bridgehead atoms. The van der Waals surface area contributed by atoms with Crippen LogP contribution in [0.5, 0.6) is 0 Å². The van der Waals surface area contributed by atoms with Gasteiger partial charge in [-0.3, -0.25) is 19.7 Å². The van der Waals surface area contributed by atoms with Gasteiger partial charge in [0, 0.05) is 31.4 Å². The first-order valence-corrected chi connectivity index (χ1v) is 9.71. The molecule has 2 amide bonds. The van der Waals surface area contributed by atoms with Crippen LogP contribution in [-0.4, -0.2) is 36.4 Å². The summed E-state index contributed by atoms with van der Waals surface area (Å²) in [5, 5.41) is 15.8. The van der Waals surface area contributed by atoms with Gasteiger partial charge in [0.2, 0.25) is 0 Å². The highest BCUT2D eigenvalue weighted by molar-refractivity contribution is 6.39. The first-order chi connectivity index (χ1) is 14.0. The molecule has 0 radical (unpaired) electrons. The fraction of sp³-hybridized carbons (Fsp3) is 0.333. The van der Waals surface area contributed by atoms with Crippen LogP contribution in [0.1, 0.15) is 24.8 Å². The number of carbonyl (C=O) groups excluding carboxylic acids is 2. The Morgan fingerprint density at radius 1 is 0.966 bits per heavy atom. The van der Waals surface area contributed by atoms with E-state index in [0.717, 1.165) is 18.7 Å². The van der Waals surface area contributed by atoms with Crippen molar-refractivity contribution >= 4 is 28.9 Å². The van der Waals surface area contributed by atoms with Crippen LogP contribution in [0.2, 0.25) is 0 Å². The van der Waals surface area contributed by atoms with Crippen molar-refractivity contribution in [2.75, 3.05) is 29.9 Å². The number of carbonyl (C=O) groups is 2. The van der Waals surface area contributed by atoms with E-state index in [4.69, 9.17) is 0 Å². The van der Waals surface area contributed by atoms with Gasteiger partial charge in [-0.1, -0.05) is 24.3 Å². The van der Waals surface area contributed by atoms with E-state index in [2.05, 4.69) is 27.7 Å². The maximum atomic E-state index is 12.0. The van der Waals surface area contributed by atoms with Crippen LogP contribution in [0, 0.1) is 10.1 Å². The lowest BCUT2D eigenvalue weighted by Crippen LogP contribution is -2.36. The molecule has 8 nitrogen and oxygen atoms in total. The first kappa shape index (κ1) is 20.3. The Hall–Kier alpha value is -3.42. The predicted octanol–water partition coefficient (Wildman–Crippen LogP) is 2.88. The van der Waals surface area contributed by atoms with Gasteiger partial charge >= 0.3 is 11.8 Å². The molecule has 0 aliphatic carbocycles. The zero-order valence-corrected chi connectivity index (χ0v) is 16.1. The van der Waals surface area contributed by atoms with E-state index in [1.807, 2.05) is 12.1 Å². The highest BCUT2D eigenvalue weighted by atomic mass is 16.6. The second kappa shape index (κ2) is 9.68. The molecule has 0 atom stereocenters. The molecular formula is C21H24N4O4. The lowest BCUT2D eigenvalue weighted by atomic mass is 10.1. The second-order valence-electron chi connectivity index (χ2n) is 6.95. The molecule has 1 saturated heterocycles. The van der Waals surface area contributed by atoms with Gasteiger partial charge in [0.15, 0.2) is 0 Å². The largest absolute Gasteiger partial charge is 0.372 e. The number of para-hydroxylation sites is 2. The standard InChI is InChI=1S/C21H24N4O4/c26-20(21(27)23-18-6-2-3-7-19(18)25(28)29)22-13-12-16-8-10-17(11-9-16)24-14-4-1-5-15-24/h2-3,6-11H,1,4-5,12-15H2,(H,22,26)(H,23,27). The van der Waals surface area contributed by atoms with Crippen LogP contribution in [0.15, 0.2) is 48.5 Å². The molecule has 2 aromatic rings. The molecule has 2 N–H and O–H groups in total. The molecule has 0 aromatic heterocycles. The monoisotopic (exact) mass is 396 g/mol. The maximum Gasteiger partial charge on any atom is 0.313 e. The Balaban J connectivity index is 1.47. The Labute approximate surface area is 169 Å². The van der Waals surface area contributed by atoms with Crippen molar-refractivity contribution in [1.29, 1.82) is 0 Å². The molecule has 2 aromatic carbocycles. The summed E-state index contributed by atoms with van der Waals surface area (Å²) in [6.07, 6.45) is 4.33. The third-order valence-corrected chi connectivity index (χ3v) is 4.91. The van der Waals surface area contributed by atoms with Gasteiger partial charge in [-0.25, -0.2) is 0 Å². The van der Waals surface area contributed by atoms with Gasteiger partial charge in [-0.15, -0.1) is 0 Å². The molecule has 0 unspecified atom stereocenters. The predicted molar refractivity (Wildman–Crippen MR) is 111 cm³/mol. The summed E-state index contributed by atoms with van der Waals surface area (Å²) in [6.45, 7) is 2.47. The molecule has 3 rings (SSSR count). The van der Waals surface area contributed by atoms with Gasteiger partial charge < -0.3 is 15.5 Å². The Kier molecular flexibility index (Phi) is 6.78.